The number of aliphatic hydroxyl groups excluding tert-OH is 1. The van der Waals surface area contributed by atoms with Gasteiger partial charge in [0, 0.05) is 31.3 Å². The number of hydrogen-bond acceptors (Lipinski definition) is 4. The Bertz CT molecular complexity index is 201. The lowest BCUT2D eigenvalue weighted by molar-refractivity contribution is -0.0203. The molecule has 96 valence electrons. The highest BCUT2D eigenvalue weighted by Crippen LogP contribution is 2.25. The zero-order valence-electron chi connectivity index (χ0n) is 10.5. The van der Waals surface area contributed by atoms with Crippen LogP contribution in [0.3, 0.4) is 0 Å². The number of aliphatic hydroxyl groups is 1. The second-order valence-corrected chi connectivity index (χ2v) is 4.88. The molecule has 4 N–H and O–H groups in total. The summed E-state index contributed by atoms with van der Waals surface area (Å²) in [7, 11) is 0. The highest BCUT2D eigenvalue weighted by molar-refractivity contribution is 4.95. The largest absolute Gasteiger partial charge is 0.396 e. The molecular formula is C12H26N2O2. The predicted molar refractivity (Wildman–Crippen MR) is 65.4 cm³/mol. The summed E-state index contributed by atoms with van der Waals surface area (Å²) < 4.78 is 5.57. The zero-order valence-corrected chi connectivity index (χ0v) is 10.5. The van der Waals surface area contributed by atoms with E-state index in [9.17, 15) is 0 Å². The van der Waals surface area contributed by atoms with Gasteiger partial charge in [-0.2, -0.15) is 0 Å². The fourth-order valence-corrected chi connectivity index (χ4v) is 2.51. The van der Waals surface area contributed by atoms with E-state index < -0.39 is 0 Å². The van der Waals surface area contributed by atoms with Gasteiger partial charge in [-0.25, -0.2) is 0 Å². The van der Waals surface area contributed by atoms with E-state index in [-0.39, 0.29) is 18.2 Å². The lowest BCUT2D eigenvalue weighted by atomic mass is 9.85. The van der Waals surface area contributed by atoms with E-state index in [4.69, 9.17) is 15.6 Å². The maximum atomic E-state index is 9.01. The summed E-state index contributed by atoms with van der Waals surface area (Å²) in [6.07, 6.45) is 4.03. The molecule has 4 nitrogen and oxygen atoms in total. The van der Waals surface area contributed by atoms with Crippen molar-refractivity contribution in [2.24, 2.45) is 5.73 Å². The first kappa shape index (κ1) is 13.9. The normalized spacial score (nSPS) is 32.6. The summed E-state index contributed by atoms with van der Waals surface area (Å²) in [6, 6.07) is 0.360. The van der Waals surface area contributed by atoms with Gasteiger partial charge in [0.25, 0.3) is 0 Å². The summed E-state index contributed by atoms with van der Waals surface area (Å²) in [5.41, 5.74) is 5.93. The van der Waals surface area contributed by atoms with Crippen molar-refractivity contribution in [3.63, 3.8) is 0 Å². The highest BCUT2D eigenvalue weighted by Gasteiger charge is 2.35. The van der Waals surface area contributed by atoms with E-state index in [1.54, 1.807) is 0 Å². The predicted octanol–water partition coefficient (Wildman–Crippen LogP) is 0.633. The smallest absolute Gasteiger partial charge is 0.0565 e. The first-order valence-corrected chi connectivity index (χ1v) is 6.36. The SMILES string of the molecule is CCC(CCO)NC1(CN)CCOC(C)C1. The summed E-state index contributed by atoms with van der Waals surface area (Å²) >= 11 is 0. The molecule has 3 unspecified atom stereocenters. The summed E-state index contributed by atoms with van der Waals surface area (Å²) in [4.78, 5) is 0. The van der Waals surface area contributed by atoms with Crippen molar-refractivity contribution in [1.82, 2.24) is 5.32 Å². The molecule has 1 rings (SSSR count). The average molecular weight is 230 g/mol. The monoisotopic (exact) mass is 230 g/mol. The second kappa shape index (κ2) is 6.55. The van der Waals surface area contributed by atoms with Crippen LogP contribution in [-0.4, -0.2) is 42.5 Å². The average Bonchev–Trinajstić information content (AvgIpc) is 2.28. The quantitative estimate of drug-likeness (QED) is 0.626. The summed E-state index contributed by atoms with van der Waals surface area (Å²) in [5.74, 6) is 0. The van der Waals surface area contributed by atoms with Crippen LogP contribution in [-0.2, 0) is 4.74 Å². The van der Waals surface area contributed by atoms with Gasteiger partial charge in [0.15, 0.2) is 0 Å². The molecule has 4 heteroatoms. The Balaban J connectivity index is 2.57. The fourth-order valence-electron chi connectivity index (χ4n) is 2.51. The minimum atomic E-state index is 0.00745. The van der Waals surface area contributed by atoms with E-state index in [2.05, 4.69) is 19.2 Å². The Morgan fingerprint density at radius 2 is 2.38 bits per heavy atom. The molecule has 1 aliphatic rings. The van der Waals surface area contributed by atoms with Gasteiger partial charge in [0.2, 0.25) is 0 Å². The molecule has 0 aromatic rings. The number of rotatable bonds is 6. The Morgan fingerprint density at radius 3 is 2.88 bits per heavy atom. The fraction of sp³-hybridized carbons (Fsp3) is 1.00. The number of hydrogen-bond donors (Lipinski definition) is 3. The van der Waals surface area contributed by atoms with Gasteiger partial charge >= 0.3 is 0 Å². The summed E-state index contributed by atoms with van der Waals surface area (Å²) in [6.45, 7) is 5.89. The molecule has 0 aliphatic carbocycles. The van der Waals surface area contributed by atoms with Gasteiger partial charge in [-0.1, -0.05) is 6.92 Å². The van der Waals surface area contributed by atoms with Gasteiger partial charge in [0.05, 0.1) is 6.10 Å². The minimum absolute atomic E-state index is 0.00745. The van der Waals surface area contributed by atoms with Crippen LogP contribution in [0.5, 0.6) is 0 Å². The second-order valence-electron chi connectivity index (χ2n) is 4.88. The lowest BCUT2D eigenvalue weighted by Gasteiger charge is -2.42. The molecule has 0 bridgehead atoms. The van der Waals surface area contributed by atoms with Crippen LogP contribution >= 0.6 is 0 Å². The molecule has 0 aromatic heterocycles. The van der Waals surface area contributed by atoms with Crippen LogP contribution < -0.4 is 11.1 Å². The van der Waals surface area contributed by atoms with Crippen LogP contribution in [0.1, 0.15) is 39.5 Å². The first-order valence-electron chi connectivity index (χ1n) is 6.36. The molecule has 16 heavy (non-hydrogen) atoms. The Labute approximate surface area is 98.5 Å². The number of ether oxygens (including phenoxy) is 1. The van der Waals surface area contributed by atoms with Crippen LogP contribution in [0.4, 0.5) is 0 Å². The molecule has 0 spiro atoms. The van der Waals surface area contributed by atoms with Gasteiger partial charge in [-0.15, -0.1) is 0 Å². The third kappa shape index (κ3) is 3.70. The third-order valence-electron chi connectivity index (χ3n) is 3.53. The first-order chi connectivity index (χ1) is 7.65. The number of nitrogens with two attached hydrogens (primary N) is 1. The molecule has 1 aliphatic heterocycles. The maximum Gasteiger partial charge on any atom is 0.0565 e. The molecule has 0 amide bonds. The van der Waals surface area contributed by atoms with Crippen molar-refractivity contribution in [2.75, 3.05) is 19.8 Å². The van der Waals surface area contributed by atoms with Crippen LogP contribution in [0.25, 0.3) is 0 Å². The van der Waals surface area contributed by atoms with Crippen LogP contribution in [0.2, 0.25) is 0 Å². The van der Waals surface area contributed by atoms with Gasteiger partial charge in [0.1, 0.15) is 0 Å². The molecule has 0 radical (unpaired) electrons. The van der Waals surface area contributed by atoms with E-state index in [0.29, 0.717) is 12.6 Å². The minimum Gasteiger partial charge on any atom is -0.396 e. The van der Waals surface area contributed by atoms with Crippen LogP contribution in [0, 0.1) is 0 Å². The molecular weight excluding hydrogens is 204 g/mol. The molecule has 1 heterocycles. The van der Waals surface area contributed by atoms with Crippen LogP contribution in [0.15, 0.2) is 0 Å². The maximum absolute atomic E-state index is 9.01. The highest BCUT2D eigenvalue weighted by atomic mass is 16.5. The Morgan fingerprint density at radius 1 is 1.62 bits per heavy atom. The zero-order chi connectivity index (χ0) is 12.0. The Kier molecular flexibility index (Phi) is 5.69. The van der Waals surface area contributed by atoms with Crippen molar-refractivity contribution >= 4 is 0 Å². The van der Waals surface area contributed by atoms with E-state index in [1.165, 1.54) is 0 Å². The van der Waals surface area contributed by atoms with Crippen molar-refractivity contribution in [3.8, 4) is 0 Å². The molecule has 3 atom stereocenters. The third-order valence-corrected chi connectivity index (χ3v) is 3.53. The van der Waals surface area contributed by atoms with Crippen molar-refractivity contribution in [1.29, 1.82) is 0 Å². The van der Waals surface area contributed by atoms with Crippen molar-refractivity contribution < 1.29 is 9.84 Å². The molecule has 1 fully saturated rings. The molecule has 0 aromatic carbocycles. The standard InChI is InChI=1S/C12H26N2O2/c1-3-11(4-6-15)14-12(9-13)5-7-16-10(2)8-12/h10-11,14-15H,3-9,13H2,1-2H3. The topological polar surface area (TPSA) is 67.5 Å². The van der Waals surface area contributed by atoms with Gasteiger partial charge in [-0.05, 0) is 32.6 Å². The van der Waals surface area contributed by atoms with E-state index >= 15 is 0 Å². The van der Waals surface area contributed by atoms with E-state index in [0.717, 1.165) is 32.3 Å². The Hall–Kier alpha value is -0.160. The lowest BCUT2D eigenvalue weighted by Crippen LogP contribution is -2.59. The van der Waals surface area contributed by atoms with Gasteiger partial charge in [-0.3, -0.25) is 0 Å². The van der Waals surface area contributed by atoms with Crippen molar-refractivity contribution in [2.45, 2.75) is 57.2 Å². The summed E-state index contributed by atoms with van der Waals surface area (Å²) in [5, 5.41) is 12.6. The van der Waals surface area contributed by atoms with E-state index in [1.807, 2.05) is 0 Å². The number of nitrogens with one attached hydrogen (secondary N) is 1. The van der Waals surface area contributed by atoms with Gasteiger partial charge < -0.3 is 20.9 Å². The molecule has 1 saturated heterocycles. The van der Waals surface area contributed by atoms with Crippen molar-refractivity contribution in [3.05, 3.63) is 0 Å². The molecule has 0 saturated carbocycles.